The molecular weight excluding hydrogens is 134 g/mol. The Balaban J connectivity index is 1.92. The Hall–Kier alpha value is -0.0400. The number of fused-ring (bicyclic) bond motifs is 1. The molecule has 0 heterocycles. The molecule has 11 heavy (non-hydrogen) atoms. The van der Waals surface area contributed by atoms with Crippen LogP contribution in [0.5, 0.6) is 0 Å². The fourth-order valence-electron chi connectivity index (χ4n) is 4.13. The third-order valence-electron chi connectivity index (χ3n) is 4.66. The molecule has 0 radical (unpaired) electrons. The van der Waals surface area contributed by atoms with Crippen LogP contribution in [0, 0.1) is 29.6 Å². The van der Waals surface area contributed by atoms with Crippen molar-refractivity contribution in [2.45, 2.75) is 32.2 Å². The number of hydrogen-bond acceptors (Lipinski definition) is 1. The van der Waals surface area contributed by atoms with Crippen molar-refractivity contribution in [2.75, 3.05) is 0 Å². The molecule has 62 valence electrons. The van der Waals surface area contributed by atoms with Gasteiger partial charge in [-0.05, 0) is 48.9 Å². The highest BCUT2D eigenvalue weighted by molar-refractivity contribution is 5.07. The molecule has 1 nitrogen and oxygen atoms in total. The van der Waals surface area contributed by atoms with Crippen LogP contribution in [-0.4, -0.2) is 6.04 Å². The minimum absolute atomic E-state index is 0.549. The lowest BCUT2D eigenvalue weighted by Crippen LogP contribution is -2.61. The van der Waals surface area contributed by atoms with E-state index in [9.17, 15) is 0 Å². The van der Waals surface area contributed by atoms with Crippen LogP contribution in [0.25, 0.3) is 0 Å². The van der Waals surface area contributed by atoms with E-state index < -0.39 is 0 Å². The maximum absolute atomic E-state index is 6.15. The minimum Gasteiger partial charge on any atom is -0.327 e. The summed E-state index contributed by atoms with van der Waals surface area (Å²) in [4.78, 5) is 0. The average Bonchev–Trinajstić information content (AvgIpc) is 2.00. The van der Waals surface area contributed by atoms with Crippen molar-refractivity contribution < 1.29 is 0 Å². The van der Waals surface area contributed by atoms with Gasteiger partial charge in [0.05, 0.1) is 0 Å². The molecule has 4 bridgehead atoms. The summed E-state index contributed by atoms with van der Waals surface area (Å²) in [5.41, 5.74) is 6.15. The molecule has 5 rings (SSSR count). The van der Waals surface area contributed by atoms with Gasteiger partial charge < -0.3 is 5.73 Å². The highest BCUT2D eigenvalue weighted by Crippen LogP contribution is 2.61. The Morgan fingerprint density at radius 2 is 1.55 bits per heavy atom. The van der Waals surface area contributed by atoms with Gasteiger partial charge in [-0.25, -0.2) is 0 Å². The van der Waals surface area contributed by atoms with Crippen molar-refractivity contribution in [3.8, 4) is 0 Å². The van der Waals surface area contributed by atoms with E-state index >= 15 is 0 Å². The van der Waals surface area contributed by atoms with Crippen LogP contribution in [0.2, 0.25) is 0 Å². The van der Waals surface area contributed by atoms with Crippen molar-refractivity contribution in [3.63, 3.8) is 0 Å². The maximum Gasteiger partial charge on any atom is 0.00960 e. The maximum atomic E-state index is 6.15. The Kier molecular flexibility index (Phi) is 1.07. The predicted molar refractivity (Wildman–Crippen MR) is 45.0 cm³/mol. The Labute approximate surface area is 68.3 Å². The second kappa shape index (κ2) is 1.82. The van der Waals surface area contributed by atoms with Crippen molar-refractivity contribution in [3.05, 3.63) is 0 Å². The molecule has 0 spiro atoms. The van der Waals surface area contributed by atoms with E-state index in [1.165, 1.54) is 19.3 Å². The summed E-state index contributed by atoms with van der Waals surface area (Å²) >= 11 is 0. The topological polar surface area (TPSA) is 26.0 Å². The SMILES string of the molecule is CC1C(N)C2CC3CC(C2)C31. The van der Waals surface area contributed by atoms with E-state index in [0.717, 1.165) is 29.6 Å². The first-order chi connectivity index (χ1) is 5.27. The smallest absolute Gasteiger partial charge is 0.00960 e. The molecule has 0 aromatic carbocycles. The van der Waals surface area contributed by atoms with Gasteiger partial charge in [0, 0.05) is 6.04 Å². The largest absolute Gasteiger partial charge is 0.327 e. The highest BCUT2D eigenvalue weighted by Gasteiger charge is 2.56. The van der Waals surface area contributed by atoms with Crippen LogP contribution in [-0.2, 0) is 0 Å². The Bertz CT molecular complexity index is 175. The van der Waals surface area contributed by atoms with E-state index in [-0.39, 0.29) is 0 Å². The van der Waals surface area contributed by atoms with Crippen LogP contribution in [0.4, 0.5) is 0 Å². The molecule has 2 N–H and O–H groups in total. The standard InChI is InChI=1S/C10H17N/c1-5-9-6-2-7(9)4-8(3-6)10(5)11/h5-10H,2-4,11H2,1H3. The molecule has 4 unspecified atom stereocenters. The van der Waals surface area contributed by atoms with Gasteiger partial charge in [-0.2, -0.15) is 0 Å². The molecule has 5 fully saturated rings. The third-order valence-corrected chi connectivity index (χ3v) is 4.66. The Morgan fingerprint density at radius 1 is 1.00 bits per heavy atom. The van der Waals surface area contributed by atoms with Gasteiger partial charge in [0.1, 0.15) is 0 Å². The van der Waals surface area contributed by atoms with E-state index in [1.54, 1.807) is 0 Å². The fraction of sp³-hybridized carbons (Fsp3) is 1.00. The second-order valence-electron chi connectivity index (χ2n) is 5.00. The van der Waals surface area contributed by atoms with E-state index in [0.29, 0.717) is 6.04 Å². The minimum atomic E-state index is 0.549. The first kappa shape index (κ1) is 6.47. The summed E-state index contributed by atoms with van der Waals surface area (Å²) in [6.07, 6.45) is 4.47. The zero-order chi connectivity index (χ0) is 7.59. The van der Waals surface area contributed by atoms with Crippen LogP contribution < -0.4 is 5.73 Å². The van der Waals surface area contributed by atoms with E-state index in [1.807, 2.05) is 0 Å². The molecule has 1 heteroatoms. The molecule has 0 aromatic heterocycles. The number of hydrogen-bond donors (Lipinski definition) is 1. The Morgan fingerprint density at radius 3 is 2.00 bits per heavy atom. The molecule has 5 saturated carbocycles. The molecule has 0 amide bonds. The summed E-state index contributed by atoms with van der Waals surface area (Å²) in [6.45, 7) is 2.37. The first-order valence-corrected chi connectivity index (χ1v) is 5.03. The van der Waals surface area contributed by atoms with Crippen LogP contribution in [0.1, 0.15) is 26.2 Å². The molecule has 0 aliphatic heterocycles. The molecule has 5 aliphatic carbocycles. The summed E-state index contributed by atoms with van der Waals surface area (Å²) in [5, 5.41) is 0. The number of nitrogens with two attached hydrogens (primary N) is 1. The molecule has 0 aromatic rings. The van der Waals surface area contributed by atoms with Crippen molar-refractivity contribution in [1.29, 1.82) is 0 Å². The zero-order valence-electron chi connectivity index (χ0n) is 7.16. The van der Waals surface area contributed by atoms with Gasteiger partial charge in [0.2, 0.25) is 0 Å². The number of rotatable bonds is 0. The quantitative estimate of drug-likeness (QED) is 0.559. The summed E-state index contributed by atoms with van der Waals surface area (Å²) < 4.78 is 0. The van der Waals surface area contributed by atoms with Gasteiger partial charge >= 0.3 is 0 Å². The van der Waals surface area contributed by atoms with Gasteiger partial charge in [-0.15, -0.1) is 0 Å². The van der Waals surface area contributed by atoms with Crippen LogP contribution in [0.15, 0.2) is 0 Å². The molecule has 5 aliphatic rings. The molecular formula is C10H17N. The highest BCUT2D eigenvalue weighted by atomic mass is 14.8. The third kappa shape index (κ3) is 0.618. The average molecular weight is 151 g/mol. The second-order valence-corrected chi connectivity index (χ2v) is 5.00. The lowest BCUT2D eigenvalue weighted by Gasteiger charge is -2.62. The van der Waals surface area contributed by atoms with E-state index in [4.69, 9.17) is 5.73 Å². The van der Waals surface area contributed by atoms with Gasteiger partial charge in [-0.1, -0.05) is 6.92 Å². The van der Waals surface area contributed by atoms with Gasteiger partial charge in [0.25, 0.3) is 0 Å². The lowest BCUT2D eigenvalue weighted by molar-refractivity contribution is -0.117. The summed E-state index contributed by atoms with van der Waals surface area (Å²) in [6, 6.07) is 0.549. The van der Waals surface area contributed by atoms with Crippen molar-refractivity contribution >= 4 is 0 Å². The summed E-state index contributed by atoms with van der Waals surface area (Å²) in [7, 11) is 0. The van der Waals surface area contributed by atoms with E-state index in [2.05, 4.69) is 6.92 Å². The first-order valence-electron chi connectivity index (χ1n) is 5.03. The van der Waals surface area contributed by atoms with Crippen LogP contribution in [0.3, 0.4) is 0 Å². The van der Waals surface area contributed by atoms with Crippen LogP contribution >= 0.6 is 0 Å². The lowest BCUT2D eigenvalue weighted by atomic mass is 9.44. The predicted octanol–water partition coefficient (Wildman–Crippen LogP) is 1.63. The monoisotopic (exact) mass is 151 g/mol. The van der Waals surface area contributed by atoms with Gasteiger partial charge in [0.15, 0.2) is 0 Å². The fourth-order valence-corrected chi connectivity index (χ4v) is 4.13. The van der Waals surface area contributed by atoms with Crippen molar-refractivity contribution in [2.24, 2.45) is 35.3 Å². The molecule has 0 saturated heterocycles. The van der Waals surface area contributed by atoms with Gasteiger partial charge in [-0.3, -0.25) is 0 Å². The zero-order valence-corrected chi connectivity index (χ0v) is 7.16. The van der Waals surface area contributed by atoms with Crippen molar-refractivity contribution in [1.82, 2.24) is 0 Å². The molecule has 4 atom stereocenters. The summed E-state index contributed by atoms with van der Waals surface area (Å²) in [5.74, 6) is 4.96. The normalized spacial score (nSPS) is 66.0.